The fourth-order valence-corrected chi connectivity index (χ4v) is 3.02. The first-order valence-electron chi connectivity index (χ1n) is 8.23. The number of hydrogen-bond donors (Lipinski definition) is 1. The summed E-state index contributed by atoms with van der Waals surface area (Å²) in [6, 6.07) is 7.03. The van der Waals surface area contributed by atoms with Crippen molar-refractivity contribution in [1.29, 1.82) is 0 Å². The van der Waals surface area contributed by atoms with Gasteiger partial charge in [-0.25, -0.2) is 18.7 Å². The first kappa shape index (κ1) is 17.3. The van der Waals surface area contributed by atoms with Gasteiger partial charge in [0.2, 0.25) is 5.91 Å². The molecule has 1 amide bonds. The highest BCUT2D eigenvalue weighted by atomic mass is 19.1. The maximum Gasteiger partial charge on any atom is 0.245 e. The molecule has 7 heteroatoms. The summed E-state index contributed by atoms with van der Waals surface area (Å²) in [6.45, 7) is 3.71. The van der Waals surface area contributed by atoms with Gasteiger partial charge in [-0.05, 0) is 38.1 Å². The maximum atomic E-state index is 13.5. The largest absolute Gasteiger partial charge is 0.359 e. The second-order valence-corrected chi connectivity index (χ2v) is 6.33. The molecule has 5 nitrogen and oxygen atoms in total. The summed E-state index contributed by atoms with van der Waals surface area (Å²) in [5.74, 6) is 0.00897. The average molecular weight is 346 g/mol. The van der Waals surface area contributed by atoms with Crippen molar-refractivity contribution >= 4 is 11.7 Å². The molecule has 0 unspecified atom stereocenters. The molecule has 1 N–H and O–H groups in total. The fraction of sp³-hybridized carbons (Fsp3) is 0.389. The highest BCUT2D eigenvalue weighted by Gasteiger charge is 2.34. The van der Waals surface area contributed by atoms with Crippen molar-refractivity contribution in [2.75, 3.05) is 11.9 Å². The van der Waals surface area contributed by atoms with Gasteiger partial charge < -0.3 is 10.2 Å². The molecule has 2 aromatic rings. The molecule has 0 aliphatic carbocycles. The SMILES string of the molecule is C[C@@H](Nc1cc(-c2ccc(F)cc2)ncn1)C(=O)N1C[C@H](F)C[C@@H]1C. The van der Waals surface area contributed by atoms with Crippen molar-refractivity contribution < 1.29 is 13.6 Å². The normalized spacial score (nSPS) is 21.2. The Morgan fingerprint density at radius 3 is 2.68 bits per heavy atom. The van der Waals surface area contributed by atoms with E-state index in [2.05, 4.69) is 15.3 Å². The van der Waals surface area contributed by atoms with Gasteiger partial charge >= 0.3 is 0 Å². The highest BCUT2D eigenvalue weighted by molar-refractivity contribution is 5.84. The molecule has 0 spiro atoms. The molecule has 1 fully saturated rings. The highest BCUT2D eigenvalue weighted by Crippen LogP contribution is 2.22. The Labute approximate surface area is 145 Å². The molecule has 1 aromatic carbocycles. The van der Waals surface area contributed by atoms with E-state index in [9.17, 15) is 13.6 Å². The van der Waals surface area contributed by atoms with Gasteiger partial charge in [0.1, 0.15) is 30.2 Å². The third-order valence-electron chi connectivity index (χ3n) is 4.35. The van der Waals surface area contributed by atoms with Crippen LogP contribution in [0.4, 0.5) is 14.6 Å². The van der Waals surface area contributed by atoms with Crippen molar-refractivity contribution in [2.24, 2.45) is 0 Å². The molecule has 3 rings (SSSR count). The molecule has 1 aliphatic rings. The molecule has 1 saturated heterocycles. The van der Waals surface area contributed by atoms with Gasteiger partial charge in [-0.2, -0.15) is 0 Å². The van der Waals surface area contributed by atoms with Gasteiger partial charge in [0, 0.05) is 24.1 Å². The second-order valence-electron chi connectivity index (χ2n) is 6.33. The fourth-order valence-electron chi connectivity index (χ4n) is 3.02. The number of carbonyl (C=O) groups is 1. The molecule has 0 radical (unpaired) electrons. The summed E-state index contributed by atoms with van der Waals surface area (Å²) in [4.78, 5) is 22.4. The Balaban J connectivity index is 1.71. The van der Waals surface area contributed by atoms with Crippen LogP contribution < -0.4 is 5.32 Å². The number of halogens is 2. The van der Waals surface area contributed by atoms with Crippen molar-refractivity contribution in [3.8, 4) is 11.3 Å². The topological polar surface area (TPSA) is 58.1 Å². The molecular formula is C18H20F2N4O. The lowest BCUT2D eigenvalue weighted by atomic mass is 10.1. The second kappa shape index (κ2) is 7.13. The maximum absolute atomic E-state index is 13.5. The van der Waals surface area contributed by atoms with Crippen LogP contribution in [0.15, 0.2) is 36.7 Å². The number of rotatable bonds is 4. The Morgan fingerprint density at radius 2 is 2.04 bits per heavy atom. The lowest BCUT2D eigenvalue weighted by Gasteiger charge is -2.25. The molecule has 0 bridgehead atoms. The number of aromatic nitrogens is 2. The number of amides is 1. The zero-order valence-electron chi connectivity index (χ0n) is 14.1. The van der Waals surface area contributed by atoms with E-state index >= 15 is 0 Å². The number of benzene rings is 1. The minimum atomic E-state index is -0.963. The Bertz CT molecular complexity index is 753. The summed E-state index contributed by atoms with van der Waals surface area (Å²) < 4.78 is 26.5. The zero-order chi connectivity index (χ0) is 18.0. The summed E-state index contributed by atoms with van der Waals surface area (Å²) in [5.41, 5.74) is 1.37. The summed E-state index contributed by atoms with van der Waals surface area (Å²) in [6.07, 6.45) is 0.796. The van der Waals surface area contributed by atoms with Crippen LogP contribution in [0.1, 0.15) is 20.3 Å². The minimum Gasteiger partial charge on any atom is -0.359 e. The van der Waals surface area contributed by atoms with Crippen molar-refractivity contribution in [3.05, 3.63) is 42.5 Å². The van der Waals surface area contributed by atoms with E-state index in [1.807, 2.05) is 6.92 Å². The van der Waals surface area contributed by atoms with E-state index in [0.717, 1.165) is 5.56 Å². The monoisotopic (exact) mass is 346 g/mol. The zero-order valence-corrected chi connectivity index (χ0v) is 14.1. The lowest BCUT2D eigenvalue weighted by Crippen LogP contribution is -2.43. The number of nitrogens with zero attached hydrogens (tertiary/aromatic N) is 3. The number of hydrogen-bond acceptors (Lipinski definition) is 4. The van der Waals surface area contributed by atoms with Crippen LogP contribution in [0.3, 0.4) is 0 Å². The van der Waals surface area contributed by atoms with Crippen LogP contribution in [0.25, 0.3) is 11.3 Å². The van der Waals surface area contributed by atoms with Gasteiger partial charge in [0.25, 0.3) is 0 Å². The predicted molar refractivity (Wildman–Crippen MR) is 91.2 cm³/mol. The number of nitrogens with one attached hydrogen (secondary N) is 1. The van der Waals surface area contributed by atoms with Gasteiger partial charge in [0.05, 0.1) is 12.2 Å². The number of carbonyl (C=O) groups excluding carboxylic acids is 1. The van der Waals surface area contributed by atoms with Crippen LogP contribution in [-0.2, 0) is 4.79 Å². The number of likely N-dealkylation sites (tertiary alicyclic amines) is 1. The number of anilines is 1. The van der Waals surface area contributed by atoms with Crippen molar-refractivity contribution in [3.63, 3.8) is 0 Å². The third-order valence-corrected chi connectivity index (χ3v) is 4.35. The first-order chi connectivity index (χ1) is 11.9. The van der Waals surface area contributed by atoms with E-state index in [1.165, 1.54) is 18.5 Å². The molecule has 0 saturated carbocycles. The minimum absolute atomic E-state index is 0.105. The molecule has 25 heavy (non-hydrogen) atoms. The van der Waals surface area contributed by atoms with E-state index in [0.29, 0.717) is 17.9 Å². The van der Waals surface area contributed by atoms with E-state index in [-0.39, 0.29) is 24.3 Å². The molecule has 132 valence electrons. The summed E-state index contributed by atoms with van der Waals surface area (Å²) in [7, 11) is 0. The van der Waals surface area contributed by atoms with Crippen molar-refractivity contribution in [1.82, 2.24) is 14.9 Å². The average Bonchev–Trinajstić information content (AvgIpc) is 2.93. The van der Waals surface area contributed by atoms with Gasteiger partial charge in [0.15, 0.2) is 0 Å². The molecule has 2 heterocycles. The van der Waals surface area contributed by atoms with E-state index in [1.54, 1.807) is 30.0 Å². The Hall–Kier alpha value is -2.57. The van der Waals surface area contributed by atoms with Crippen LogP contribution in [0.5, 0.6) is 0 Å². The Morgan fingerprint density at radius 1 is 1.32 bits per heavy atom. The predicted octanol–water partition coefficient (Wildman–Crippen LogP) is 3.04. The standard InChI is InChI=1S/C18H20F2N4O/c1-11-7-15(20)9-24(11)18(25)12(2)23-17-8-16(21-10-22-17)13-3-5-14(19)6-4-13/h3-6,8,10-12,15H,7,9H2,1-2H3,(H,21,22,23)/t11-,12+,15+/m0/s1. The summed E-state index contributed by atoms with van der Waals surface area (Å²) >= 11 is 0. The van der Waals surface area contributed by atoms with Crippen LogP contribution in [-0.4, -0.2) is 45.6 Å². The summed E-state index contributed by atoms with van der Waals surface area (Å²) in [5, 5.41) is 3.04. The third kappa shape index (κ3) is 3.92. The van der Waals surface area contributed by atoms with Gasteiger partial charge in [-0.15, -0.1) is 0 Å². The first-order valence-corrected chi connectivity index (χ1v) is 8.23. The molecular weight excluding hydrogens is 326 g/mol. The van der Waals surface area contributed by atoms with Crippen LogP contribution in [0.2, 0.25) is 0 Å². The van der Waals surface area contributed by atoms with Crippen LogP contribution in [0, 0.1) is 5.82 Å². The van der Waals surface area contributed by atoms with E-state index in [4.69, 9.17) is 0 Å². The van der Waals surface area contributed by atoms with Crippen LogP contribution >= 0.6 is 0 Å². The van der Waals surface area contributed by atoms with E-state index < -0.39 is 12.2 Å². The quantitative estimate of drug-likeness (QED) is 0.924. The molecule has 3 atom stereocenters. The molecule has 1 aliphatic heterocycles. The lowest BCUT2D eigenvalue weighted by molar-refractivity contribution is -0.132. The van der Waals surface area contributed by atoms with Gasteiger partial charge in [-0.1, -0.05) is 0 Å². The van der Waals surface area contributed by atoms with Crippen molar-refractivity contribution in [2.45, 2.75) is 38.5 Å². The number of alkyl halides is 1. The van der Waals surface area contributed by atoms with Gasteiger partial charge in [-0.3, -0.25) is 4.79 Å². The molecule has 1 aromatic heterocycles. The smallest absolute Gasteiger partial charge is 0.245 e. The Kier molecular flexibility index (Phi) is 4.92.